The molecule has 1 amide bonds. The summed E-state index contributed by atoms with van der Waals surface area (Å²) in [6.45, 7) is 2.13. The fraction of sp³-hybridized carbons (Fsp3) is 0.650. The van der Waals surface area contributed by atoms with E-state index in [0.717, 1.165) is 37.4 Å². The number of benzene rings is 1. The van der Waals surface area contributed by atoms with Crippen molar-refractivity contribution in [2.45, 2.75) is 51.0 Å². The lowest BCUT2D eigenvalue weighted by Gasteiger charge is -2.27. The van der Waals surface area contributed by atoms with Gasteiger partial charge >= 0.3 is 0 Å². The van der Waals surface area contributed by atoms with Crippen LogP contribution in [0.25, 0.3) is 0 Å². The predicted octanol–water partition coefficient (Wildman–Crippen LogP) is 4.08. The molecule has 2 aliphatic carbocycles. The molecule has 3 aliphatic rings. The summed E-state index contributed by atoms with van der Waals surface area (Å²) in [5.41, 5.74) is 1.51. The molecule has 2 unspecified atom stereocenters. The number of amides is 1. The molecule has 2 saturated carbocycles. The van der Waals surface area contributed by atoms with Gasteiger partial charge in [-0.1, -0.05) is 36.6 Å². The smallest absolute Gasteiger partial charge is 0.224 e. The molecule has 0 radical (unpaired) electrons. The van der Waals surface area contributed by atoms with Gasteiger partial charge in [-0.05, 0) is 74.2 Å². The number of carbonyl (C=O) groups excluding carboxylic acids is 1. The summed E-state index contributed by atoms with van der Waals surface area (Å²) in [5.74, 6) is 1.08. The molecule has 1 heterocycles. The van der Waals surface area contributed by atoms with Crippen LogP contribution in [0.5, 0.6) is 0 Å². The van der Waals surface area contributed by atoms with Gasteiger partial charge in [-0.2, -0.15) is 0 Å². The van der Waals surface area contributed by atoms with Crippen molar-refractivity contribution in [3.05, 3.63) is 34.9 Å². The number of halogens is 1. The second kappa shape index (κ2) is 6.68. The van der Waals surface area contributed by atoms with Crippen LogP contribution >= 0.6 is 11.6 Å². The molecule has 1 aromatic rings. The maximum atomic E-state index is 12.9. The van der Waals surface area contributed by atoms with E-state index in [4.69, 9.17) is 11.6 Å². The summed E-state index contributed by atoms with van der Waals surface area (Å²) < 4.78 is 0. The maximum Gasteiger partial charge on any atom is 0.224 e. The lowest BCUT2D eigenvalue weighted by molar-refractivity contribution is -0.124. The Morgan fingerprint density at radius 3 is 2.50 bits per heavy atom. The van der Waals surface area contributed by atoms with Crippen LogP contribution in [0.3, 0.4) is 0 Å². The SMILES string of the molecule is O=C(NC(c1ccc(Cl)cc1)C1CCCC1)C1CC12CCNCC2. The third-order valence-electron chi connectivity index (χ3n) is 6.50. The molecule has 1 spiro atoms. The molecule has 4 rings (SSSR count). The zero-order chi connectivity index (χ0) is 16.6. The van der Waals surface area contributed by atoms with E-state index in [1.165, 1.54) is 31.2 Å². The number of hydrogen-bond acceptors (Lipinski definition) is 2. The van der Waals surface area contributed by atoms with Gasteiger partial charge in [0.25, 0.3) is 0 Å². The van der Waals surface area contributed by atoms with Crippen LogP contribution in [0.2, 0.25) is 5.02 Å². The average molecular weight is 347 g/mol. The lowest BCUT2D eigenvalue weighted by Crippen LogP contribution is -2.37. The molecule has 2 atom stereocenters. The molecule has 3 nitrogen and oxygen atoms in total. The summed E-state index contributed by atoms with van der Waals surface area (Å²) in [5, 5.41) is 7.59. The molecule has 1 saturated heterocycles. The van der Waals surface area contributed by atoms with Crippen molar-refractivity contribution in [2.24, 2.45) is 17.3 Å². The minimum absolute atomic E-state index is 0.150. The molecule has 1 aromatic carbocycles. The van der Waals surface area contributed by atoms with Crippen molar-refractivity contribution in [1.82, 2.24) is 10.6 Å². The van der Waals surface area contributed by atoms with Gasteiger partial charge in [-0.15, -0.1) is 0 Å². The quantitative estimate of drug-likeness (QED) is 0.862. The van der Waals surface area contributed by atoms with E-state index in [0.29, 0.717) is 11.3 Å². The normalized spacial score (nSPS) is 27.1. The summed E-state index contributed by atoms with van der Waals surface area (Å²) in [4.78, 5) is 12.9. The Bertz CT molecular complexity index is 588. The van der Waals surface area contributed by atoms with Gasteiger partial charge in [-0.25, -0.2) is 0 Å². The zero-order valence-electron chi connectivity index (χ0n) is 14.2. The van der Waals surface area contributed by atoms with Gasteiger partial charge in [0, 0.05) is 10.9 Å². The van der Waals surface area contributed by atoms with Crippen molar-refractivity contribution in [3.63, 3.8) is 0 Å². The highest BCUT2D eigenvalue weighted by molar-refractivity contribution is 6.30. The molecule has 0 aromatic heterocycles. The first-order chi connectivity index (χ1) is 11.7. The van der Waals surface area contributed by atoms with Crippen LogP contribution in [-0.2, 0) is 4.79 Å². The average Bonchev–Trinajstić information content (AvgIpc) is 3.04. The Labute approximate surface area is 149 Å². The summed E-state index contributed by atoms with van der Waals surface area (Å²) in [7, 11) is 0. The van der Waals surface area contributed by atoms with Gasteiger partial charge in [0.15, 0.2) is 0 Å². The van der Waals surface area contributed by atoms with Crippen molar-refractivity contribution in [2.75, 3.05) is 13.1 Å². The first kappa shape index (κ1) is 16.4. The molecule has 3 fully saturated rings. The fourth-order valence-electron chi connectivity index (χ4n) is 4.88. The summed E-state index contributed by atoms with van der Waals surface area (Å²) >= 11 is 6.05. The monoisotopic (exact) mass is 346 g/mol. The first-order valence-corrected chi connectivity index (χ1v) is 9.82. The third-order valence-corrected chi connectivity index (χ3v) is 6.76. The second-order valence-electron chi connectivity index (χ2n) is 7.95. The van der Waals surface area contributed by atoms with Crippen molar-refractivity contribution in [1.29, 1.82) is 0 Å². The molecular weight excluding hydrogens is 320 g/mol. The number of carbonyl (C=O) groups is 1. The minimum Gasteiger partial charge on any atom is -0.349 e. The van der Waals surface area contributed by atoms with Crippen LogP contribution in [0.4, 0.5) is 0 Å². The van der Waals surface area contributed by atoms with E-state index in [-0.39, 0.29) is 17.9 Å². The van der Waals surface area contributed by atoms with E-state index in [2.05, 4.69) is 22.8 Å². The van der Waals surface area contributed by atoms with Crippen molar-refractivity contribution < 1.29 is 4.79 Å². The summed E-state index contributed by atoms with van der Waals surface area (Å²) in [6.07, 6.45) is 8.38. The van der Waals surface area contributed by atoms with Gasteiger partial charge < -0.3 is 10.6 Å². The third kappa shape index (κ3) is 3.21. The Morgan fingerprint density at radius 2 is 1.83 bits per heavy atom. The van der Waals surface area contributed by atoms with Crippen LogP contribution in [-0.4, -0.2) is 19.0 Å². The van der Waals surface area contributed by atoms with Crippen LogP contribution < -0.4 is 10.6 Å². The van der Waals surface area contributed by atoms with Crippen molar-refractivity contribution >= 4 is 17.5 Å². The topological polar surface area (TPSA) is 41.1 Å². The molecular formula is C20H27ClN2O. The zero-order valence-corrected chi connectivity index (χ0v) is 14.9. The molecule has 0 bridgehead atoms. The highest BCUT2D eigenvalue weighted by Crippen LogP contribution is 2.58. The molecule has 130 valence electrons. The van der Waals surface area contributed by atoms with E-state index in [9.17, 15) is 4.79 Å². The molecule has 4 heteroatoms. The second-order valence-corrected chi connectivity index (χ2v) is 8.39. The van der Waals surface area contributed by atoms with E-state index in [1.54, 1.807) is 0 Å². The number of nitrogens with one attached hydrogen (secondary N) is 2. The standard InChI is InChI=1S/C20H27ClN2O/c21-16-7-5-15(6-8-16)18(14-3-1-2-4-14)23-19(24)17-13-20(17)9-11-22-12-10-20/h5-8,14,17-18,22H,1-4,9-13H2,(H,23,24). The largest absolute Gasteiger partial charge is 0.349 e. The highest BCUT2D eigenvalue weighted by Gasteiger charge is 2.57. The molecule has 1 aliphatic heterocycles. The number of piperidine rings is 1. The Kier molecular flexibility index (Phi) is 4.57. The van der Waals surface area contributed by atoms with E-state index >= 15 is 0 Å². The first-order valence-electron chi connectivity index (χ1n) is 9.45. The van der Waals surface area contributed by atoms with Gasteiger partial charge in [-0.3, -0.25) is 4.79 Å². The number of rotatable bonds is 4. The Hall–Kier alpha value is -1.06. The summed E-state index contributed by atoms with van der Waals surface area (Å²) in [6, 6.07) is 8.20. The van der Waals surface area contributed by atoms with E-state index in [1.807, 2.05) is 12.1 Å². The molecule has 24 heavy (non-hydrogen) atoms. The fourth-order valence-corrected chi connectivity index (χ4v) is 5.01. The minimum atomic E-state index is 0.150. The Balaban J connectivity index is 1.47. The molecule has 2 N–H and O–H groups in total. The van der Waals surface area contributed by atoms with E-state index < -0.39 is 0 Å². The highest BCUT2D eigenvalue weighted by atomic mass is 35.5. The van der Waals surface area contributed by atoms with Crippen LogP contribution in [0.15, 0.2) is 24.3 Å². The van der Waals surface area contributed by atoms with Crippen LogP contribution in [0, 0.1) is 17.3 Å². The Morgan fingerprint density at radius 1 is 1.17 bits per heavy atom. The van der Waals surface area contributed by atoms with Gasteiger partial charge in [0.1, 0.15) is 0 Å². The maximum absolute atomic E-state index is 12.9. The number of hydrogen-bond donors (Lipinski definition) is 2. The van der Waals surface area contributed by atoms with Crippen LogP contribution in [0.1, 0.15) is 56.6 Å². The van der Waals surface area contributed by atoms with Crippen molar-refractivity contribution in [3.8, 4) is 0 Å². The lowest BCUT2D eigenvalue weighted by atomic mass is 9.89. The predicted molar refractivity (Wildman–Crippen MR) is 96.9 cm³/mol. The van der Waals surface area contributed by atoms with Gasteiger partial charge in [0.05, 0.1) is 6.04 Å². The van der Waals surface area contributed by atoms with Gasteiger partial charge in [0.2, 0.25) is 5.91 Å².